The lowest BCUT2D eigenvalue weighted by Crippen LogP contribution is -2.22. The third kappa shape index (κ3) is 1.92. The molecule has 1 heterocycles. The summed E-state index contributed by atoms with van der Waals surface area (Å²) < 4.78 is 3.75. The Hall–Kier alpha value is -2.03. The van der Waals surface area contributed by atoms with Crippen molar-refractivity contribution >= 4 is 0 Å². The summed E-state index contributed by atoms with van der Waals surface area (Å²) in [7, 11) is 0. The van der Waals surface area contributed by atoms with E-state index in [0.29, 0.717) is 6.42 Å². The molecule has 0 amide bonds. The number of hydrogen-bond donors (Lipinski definition) is 0. The highest BCUT2D eigenvalue weighted by molar-refractivity contribution is 5.34. The van der Waals surface area contributed by atoms with Crippen LogP contribution >= 0.6 is 0 Å². The van der Waals surface area contributed by atoms with E-state index in [2.05, 4.69) is 6.58 Å². The zero-order chi connectivity index (χ0) is 13.1. The lowest BCUT2D eigenvalue weighted by molar-refractivity contribution is 0.559. The Morgan fingerprint density at radius 3 is 2.50 bits per heavy atom. The smallest absolute Gasteiger partial charge is 0.275 e. The second kappa shape index (κ2) is 5.08. The van der Waals surface area contributed by atoms with E-state index in [-0.39, 0.29) is 5.56 Å². The summed E-state index contributed by atoms with van der Waals surface area (Å²) in [5.41, 5.74) is 2.81. The zero-order valence-electron chi connectivity index (χ0n) is 10.9. The van der Waals surface area contributed by atoms with E-state index in [9.17, 15) is 4.79 Å². The van der Waals surface area contributed by atoms with Crippen LogP contribution in [0.3, 0.4) is 0 Å². The van der Waals surface area contributed by atoms with Gasteiger partial charge in [-0.25, -0.2) is 4.68 Å². The molecule has 0 saturated heterocycles. The predicted octanol–water partition coefficient (Wildman–Crippen LogP) is 2.70. The van der Waals surface area contributed by atoms with Crippen LogP contribution < -0.4 is 5.56 Å². The first-order valence-electron chi connectivity index (χ1n) is 6.18. The normalized spacial score (nSPS) is 10.6. The van der Waals surface area contributed by atoms with Gasteiger partial charge in [0.05, 0.1) is 5.69 Å². The van der Waals surface area contributed by atoms with Gasteiger partial charge >= 0.3 is 0 Å². The Balaban J connectivity index is 2.71. The van der Waals surface area contributed by atoms with Crippen molar-refractivity contribution < 1.29 is 0 Å². The molecule has 0 atom stereocenters. The predicted molar refractivity (Wildman–Crippen MR) is 74.3 cm³/mol. The maximum atomic E-state index is 12.5. The molecule has 94 valence electrons. The average Bonchev–Trinajstić information content (AvgIpc) is 2.64. The molecule has 3 heteroatoms. The molecule has 0 fully saturated rings. The molecule has 2 aromatic rings. The second-order valence-corrected chi connectivity index (χ2v) is 4.23. The number of hydrogen-bond acceptors (Lipinski definition) is 1. The Morgan fingerprint density at radius 2 is 1.94 bits per heavy atom. The third-order valence-corrected chi connectivity index (χ3v) is 3.16. The second-order valence-electron chi connectivity index (χ2n) is 4.23. The standard InChI is InChI=1S/C15H18N2O/c1-4-9-14-12(3)16(5-2)17(15(14)18)13-10-7-6-8-11-13/h4,6-8,10-11H,1,5,9H2,2-3H3. The number of nitrogens with zero attached hydrogens (tertiary/aromatic N) is 2. The average molecular weight is 242 g/mol. The van der Waals surface area contributed by atoms with Crippen molar-refractivity contribution in [2.24, 2.45) is 0 Å². The molecule has 0 unspecified atom stereocenters. The lowest BCUT2D eigenvalue weighted by atomic mass is 10.2. The molecule has 0 N–H and O–H groups in total. The van der Waals surface area contributed by atoms with Gasteiger partial charge in [0.15, 0.2) is 0 Å². The van der Waals surface area contributed by atoms with Crippen molar-refractivity contribution in [3.05, 3.63) is 64.6 Å². The van der Waals surface area contributed by atoms with Crippen LogP contribution in [-0.2, 0) is 13.0 Å². The first-order chi connectivity index (χ1) is 8.70. The molecule has 18 heavy (non-hydrogen) atoms. The number of allylic oxidation sites excluding steroid dienone is 1. The first-order valence-corrected chi connectivity index (χ1v) is 6.18. The van der Waals surface area contributed by atoms with Crippen molar-refractivity contribution in [1.82, 2.24) is 9.36 Å². The molecular weight excluding hydrogens is 224 g/mol. The fourth-order valence-electron chi connectivity index (χ4n) is 2.28. The minimum atomic E-state index is 0.0560. The molecule has 0 saturated carbocycles. The van der Waals surface area contributed by atoms with E-state index in [4.69, 9.17) is 0 Å². The van der Waals surface area contributed by atoms with E-state index in [0.717, 1.165) is 23.5 Å². The maximum Gasteiger partial charge on any atom is 0.275 e. The maximum absolute atomic E-state index is 12.5. The summed E-state index contributed by atoms with van der Waals surface area (Å²) >= 11 is 0. The fraction of sp³-hybridized carbons (Fsp3) is 0.267. The molecule has 1 aromatic heterocycles. The van der Waals surface area contributed by atoms with Crippen LogP contribution in [0.15, 0.2) is 47.8 Å². The highest BCUT2D eigenvalue weighted by atomic mass is 16.1. The first kappa shape index (κ1) is 12.4. The number of benzene rings is 1. The summed E-state index contributed by atoms with van der Waals surface area (Å²) in [6.45, 7) is 8.52. The summed E-state index contributed by atoms with van der Waals surface area (Å²) in [6, 6.07) is 9.73. The van der Waals surface area contributed by atoms with E-state index in [1.807, 2.05) is 48.9 Å². The minimum absolute atomic E-state index is 0.0560. The van der Waals surface area contributed by atoms with Crippen molar-refractivity contribution in [1.29, 1.82) is 0 Å². The molecule has 0 spiro atoms. The summed E-state index contributed by atoms with van der Waals surface area (Å²) in [5.74, 6) is 0. The van der Waals surface area contributed by atoms with E-state index >= 15 is 0 Å². The van der Waals surface area contributed by atoms with Crippen molar-refractivity contribution in [2.75, 3.05) is 0 Å². The molecule has 1 aromatic carbocycles. The van der Waals surface area contributed by atoms with Crippen LogP contribution in [0, 0.1) is 6.92 Å². The third-order valence-electron chi connectivity index (χ3n) is 3.16. The Kier molecular flexibility index (Phi) is 3.51. The van der Waals surface area contributed by atoms with Crippen LogP contribution in [0.1, 0.15) is 18.2 Å². The number of para-hydroxylation sites is 1. The van der Waals surface area contributed by atoms with Crippen LogP contribution in [0.4, 0.5) is 0 Å². The minimum Gasteiger partial charge on any atom is -0.282 e. The SMILES string of the molecule is C=CCc1c(C)n(CC)n(-c2ccccc2)c1=O. The molecule has 0 aliphatic carbocycles. The molecule has 0 bridgehead atoms. The summed E-state index contributed by atoms with van der Waals surface area (Å²) in [4.78, 5) is 12.5. The van der Waals surface area contributed by atoms with Gasteiger partial charge in [-0.3, -0.25) is 9.48 Å². The summed E-state index contributed by atoms with van der Waals surface area (Å²) in [5, 5.41) is 0. The van der Waals surface area contributed by atoms with Gasteiger partial charge in [0.1, 0.15) is 0 Å². The molecule has 3 nitrogen and oxygen atoms in total. The molecule has 2 rings (SSSR count). The topological polar surface area (TPSA) is 26.9 Å². The van der Waals surface area contributed by atoms with Gasteiger partial charge in [-0.15, -0.1) is 6.58 Å². The van der Waals surface area contributed by atoms with Crippen molar-refractivity contribution in [3.63, 3.8) is 0 Å². The molecule has 0 radical (unpaired) electrons. The quantitative estimate of drug-likeness (QED) is 0.757. The zero-order valence-corrected chi connectivity index (χ0v) is 10.9. The molecular formula is C15H18N2O. The van der Waals surface area contributed by atoms with E-state index in [1.54, 1.807) is 10.8 Å². The van der Waals surface area contributed by atoms with Gasteiger partial charge in [0, 0.05) is 17.8 Å². The lowest BCUT2D eigenvalue weighted by Gasteiger charge is -2.10. The van der Waals surface area contributed by atoms with Gasteiger partial charge in [0.2, 0.25) is 0 Å². The molecule has 0 aliphatic rings. The van der Waals surface area contributed by atoms with Crippen LogP contribution in [-0.4, -0.2) is 9.36 Å². The monoisotopic (exact) mass is 242 g/mol. The van der Waals surface area contributed by atoms with Crippen LogP contribution in [0.25, 0.3) is 5.69 Å². The highest BCUT2D eigenvalue weighted by Crippen LogP contribution is 2.12. The largest absolute Gasteiger partial charge is 0.282 e. The number of aromatic nitrogens is 2. The Labute approximate surface area is 107 Å². The van der Waals surface area contributed by atoms with Crippen molar-refractivity contribution in [3.8, 4) is 5.69 Å². The van der Waals surface area contributed by atoms with E-state index in [1.165, 1.54) is 0 Å². The number of rotatable bonds is 4. The van der Waals surface area contributed by atoms with Gasteiger partial charge in [-0.1, -0.05) is 24.3 Å². The Bertz CT molecular complexity index is 605. The molecule has 0 aliphatic heterocycles. The van der Waals surface area contributed by atoms with Gasteiger partial charge in [-0.05, 0) is 32.4 Å². The van der Waals surface area contributed by atoms with Crippen LogP contribution in [0.2, 0.25) is 0 Å². The highest BCUT2D eigenvalue weighted by Gasteiger charge is 2.15. The van der Waals surface area contributed by atoms with Crippen molar-refractivity contribution in [2.45, 2.75) is 26.8 Å². The van der Waals surface area contributed by atoms with Gasteiger partial charge < -0.3 is 0 Å². The fourth-order valence-corrected chi connectivity index (χ4v) is 2.28. The van der Waals surface area contributed by atoms with E-state index < -0.39 is 0 Å². The van der Waals surface area contributed by atoms with Crippen LogP contribution in [0.5, 0.6) is 0 Å². The Morgan fingerprint density at radius 1 is 1.28 bits per heavy atom. The van der Waals surface area contributed by atoms with Gasteiger partial charge in [-0.2, -0.15) is 0 Å². The summed E-state index contributed by atoms with van der Waals surface area (Å²) in [6.07, 6.45) is 2.39. The van der Waals surface area contributed by atoms with Gasteiger partial charge in [0.25, 0.3) is 5.56 Å².